The predicted molar refractivity (Wildman–Crippen MR) is 196 cm³/mol. The summed E-state index contributed by atoms with van der Waals surface area (Å²) in [7, 11) is 0. The van der Waals surface area contributed by atoms with Gasteiger partial charge in [-0.3, -0.25) is 4.90 Å². The molecule has 3 heterocycles. The Bertz CT molecular complexity index is 2400. The summed E-state index contributed by atoms with van der Waals surface area (Å²) in [5.41, 5.74) is 4.56. The zero-order valence-corrected chi connectivity index (χ0v) is 31.7. The molecule has 0 spiro atoms. The van der Waals surface area contributed by atoms with Gasteiger partial charge in [-0.15, -0.1) is 11.6 Å². The molecule has 7 rings (SSSR count). The fourth-order valence-corrected chi connectivity index (χ4v) is 7.13. The lowest BCUT2D eigenvalue weighted by Crippen LogP contribution is -2.52. The summed E-state index contributed by atoms with van der Waals surface area (Å²) < 4.78 is 72.7. The van der Waals surface area contributed by atoms with E-state index >= 15 is 0 Å². The second kappa shape index (κ2) is 15.7. The van der Waals surface area contributed by atoms with Gasteiger partial charge in [0, 0.05) is 51.8 Å². The molecule has 0 atom stereocenters. The van der Waals surface area contributed by atoms with Crippen LogP contribution in [0.25, 0.3) is 45.1 Å². The van der Waals surface area contributed by atoms with Gasteiger partial charge < -0.3 is 18.3 Å². The lowest BCUT2D eigenvalue weighted by Gasteiger charge is -2.46. The highest BCUT2D eigenvalue weighted by atomic mass is 79.9. The van der Waals surface area contributed by atoms with Gasteiger partial charge >= 0.3 is 13.2 Å². The lowest BCUT2D eigenvalue weighted by atomic mass is 9.84. The second-order valence-corrected chi connectivity index (χ2v) is 14.6. The number of hydrogen-bond donors (Lipinski definition) is 0. The van der Waals surface area contributed by atoms with Crippen LogP contribution in [0, 0.1) is 28.1 Å². The molecule has 6 aromatic rings. The lowest BCUT2D eigenvalue weighted by molar-refractivity contribution is -0.0518. The van der Waals surface area contributed by atoms with Gasteiger partial charge in [-0.1, -0.05) is 26.0 Å². The van der Waals surface area contributed by atoms with Crippen molar-refractivity contribution in [1.82, 2.24) is 14.9 Å². The molecule has 16 heteroatoms. The summed E-state index contributed by atoms with van der Waals surface area (Å²) in [4.78, 5) is 11.0. The molecule has 1 aliphatic rings. The van der Waals surface area contributed by atoms with Crippen LogP contribution in [0.5, 0.6) is 11.5 Å². The summed E-state index contributed by atoms with van der Waals surface area (Å²) >= 11 is 12.4. The van der Waals surface area contributed by atoms with E-state index < -0.39 is 13.2 Å². The maximum Gasteiger partial charge on any atom is 0.387 e. The van der Waals surface area contributed by atoms with Crippen molar-refractivity contribution >= 4 is 65.7 Å². The van der Waals surface area contributed by atoms with Crippen molar-refractivity contribution in [3.8, 4) is 46.5 Å². The average Bonchev–Trinajstić information content (AvgIpc) is 3.70. The standard InChI is InChI=1S/C21H18BrF2N3O2.C16H8BrClF2N2O2/c1-21(2)10-27(11-21)9-12-6-16-18(7-17(12)29-20(23)24)28-19(26-16)13-4-3-5-15(22)14(13)8-25;17-11-3-1-2-9(10(11)7-21)15-22-12-4-8(6-18)13(24-16(19)20)5-14(12)23-15/h3-7,20H,9-11H2,1-2H3;1-5,16H,6H2. The molecule has 0 saturated carbocycles. The number of halogens is 7. The molecule has 0 radical (unpaired) electrons. The number of hydrogen-bond acceptors (Lipinski definition) is 9. The number of fused-ring (bicyclic) bond motifs is 2. The second-order valence-electron chi connectivity index (χ2n) is 12.6. The van der Waals surface area contributed by atoms with E-state index in [4.69, 9.17) is 25.2 Å². The van der Waals surface area contributed by atoms with E-state index in [-0.39, 0.29) is 40.2 Å². The third-order valence-corrected chi connectivity index (χ3v) is 9.74. The molecule has 4 aromatic carbocycles. The number of ether oxygens (including phenoxy) is 2. The Hall–Kier alpha value is -4.67. The number of rotatable bonds is 9. The highest BCUT2D eigenvalue weighted by Crippen LogP contribution is 2.37. The number of likely N-dealkylation sites (tertiary alicyclic amines) is 1. The Morgan fingerprint density at radius 1 is 0.792 bits per heavy atom. The van der Waals surface area contributed by atoms with Crippen molar-refractivity contribution in [3.05, 3.63) is 91.9 Å². The summed E-state index contributed by atoms with van der Waals surface area (Å²) in [6.45, 7) is 0.679. The molecule has 9 nitrogen and oxygen atoms in total. The van der Waals surface area contributed by atoms with Gasteiger partial charge in [0.25, 0.3) is 0 Å². The van der Waals surface area contributed by atoms with Crippen LogP contribution in [0.4, 0.5) is 17.6 Å². The molecular formula is C37H26Br2ClF4N5O4. The third-order valence-electron chi connectivity index (χ3n) is 8.13. The van der Waals surface area contributed by atoms with Crippen LogP contribution in [0.2, 0.25) is 0 Å². The maximum atomic E-state index is 12.9. The van der Waals surface area contributed by atoms with Crippen LogP contribution in [0.15, 0.2) is 78.4 Å². The zero-order chi connectivity index (χ0) is 38.0. The van der Waals surface area contributed by atoms with Crippen LogP contribution in [-0.4, -0.2) is 41.2 Å². The summed E-state index contributed by atoms with van der Waals surface area (Å²) in [5.74, 6) is 0.459. The quantitative estimate of drug-likeness (QED) is 0.103. The normalized spacial score (nSPS) is 13.8. The summed E-state index contributed by atoms with van der Waals surface area (Å²) in [6, 6.07) is 20.6. The number of alkyl halides is 5. The fourth-order valence-electron chi connectivity index (χ4n) is 6.02. The minimum absolute atomic E-state index is 0.0134. The summed E-state index contributed by atoms with van der Waals surface area (Å²) in [6.07, 6.45) is 0. The Morgan fingerprint density at radius 2 is 1.25 bits per heavy atom. The van der Waals surface area contributed by atoms with Crippen molar-refractivity contribution in [1.29, 1.82) is 10.5 Å². The molecule has 1 saturated heterocycles. The summed E-state index contributed by atoms with van der Waals surface area (Å²) in [5, 5.41) is 18.7. The first-order valence-corrected chi connectivity index (χ1v) is 17.8. The van der Waals surface area contributed by atoms with E-state index in [0.29, 0.717) is 65.5 Å². The van der Waals surface area contributed by atoms with E-state index in [0.717, 1.165) is 13.1 Å². The zero-order valence-electron chi connectivity index (χ0n) is 27.8. The van der Waals surface area contributed by atoms with Gasteiger partial charge in [0.1, 0.15) is 34.7 Å². The van der Waals surface area contributed by atoms with E-state index in [1.165, 1.54) is 18.2 Å². The van der Waals surface area contributed by atoms with Crippen LogP contribution >= 0.6 is 43.5 Å². The first-order chi connectivity index (χ1) is 25.3. The molecular weight excluding hydrogens is 850 g/mol. The Morgan fingerprint density at radius 3 is 1.66 bits per heavy atom. The molecule has 0 N–H and O–H groups in total. The number of aromatic nitrogens is 2. The van der Waals surface area contributed by atoms with E-state index in [9.17, 15) is 28.1 Å². The molecule has 0 amide bonds. The van der Waals surface area contributed by atoms with Gasteiger partial charge in [0.05, 0.1) is 28.1 Å². The molecule has 2 aromatic heterocycles. The minimum Gasteiger partial charge on any atom is -0.436 e. The molecule has 0 unspecified atom stereocenters. The van der Waals surface area contributed by atoms with Crippen LogP contribution in [-0.2, 0) is 12.4 Å². The van der Waals surface area contributed by atoms with E-state index in [1.54, 1.807) is 42.5 Å². The fraction of sp³-hybridized carbons (Fsp3) is 0.243. The van der Waals surface area contributed by atoms with E-state index in [2.05, 4.69) is 77.5 Å². The van der Waals surface area contributed by atoms with Crippen molar-refractivity contribution < 1.29 is 35.9 Å². The smallest absolute Gasteiger partial charge is 0.387 e. The number of nitriles is 2. The van der Waals surface area contributed by atoms with Gasteiger partial charge in [-0.25, -0.2) is 9.97 Å². The molecule has 53 heavy (non-hydrogen) atoms. The minimum atomic E-state index is -2.97. The molecule has 1 fully saturated rings. The first-order valence-electron chi connectivity index (χ1n) is 15.7. The number of nitrogens with zero attached hydrogens (tertiary/aromatic N) is 5. The monoisotopic (exact) mass is 873 g/mol. The van der Waals surface area contributed by atoms with Crippen LogP contribution < -0.4 is 9.47 Å². The highest BCUT2D eigenvalue weighted by molar-refractivity contribution is 9.10. The average molecular weight is 876 g/mol. The molecule has 0 bridgehead atoms. The van der Waals surface area contributed by atoms with Crippen molar-refractivity contribution in [2.75, 3.05) is 13.1 Å². The first kappa shape index (κ1) is 38.1. The number of oxazole rings is 2. The Kier molecular flexibility index (Phi) is 11.3. The van der Waals surface area contributed by atoms with E-state index in [1.807, 2.05) is 0 Å². The van der Waals surface area contributed by atoms with Gasteiger partial charge in [0.15, 0.2) is 11.2 Å². The third kappa shape index (κ3) is 8.44. The number of benzene rings is 4. The topological polar surface area (TPSA) is 121 Å². The van der Waals surface area contributed by atoms with Crippen molar-refractivity contribution in [2.24, 2.45) is 5.41 Å². The Labute approximate surface area is 321 Å². The van der Waals surface area contributed by atoms with Gasteiger partial charge in [-0.05, 0) is 73.7 Å². The molecule has 272 valence electrons. The van der Waals surface area contributed by atoms with Gasteiger partial charge in [-0.2, -0.15) is 28.1 Å². The molecule has 0 aliphatic carbocycles. The van der Waals surface area contributed by atoms with Gasteiger partial charge in [0.2, 0.25) is 11.8 Å². The van der Waals surface area contributed by atoms with Crippen LogP contribution in [0.3, 0.4) is 0 Å². The largest absolute Gasteiger partial charge is 0.436 e. The van der Waals surface area contributed by atoms with Crippen LogP contribution in [0.1, 0.15) is 36.1 Å². The predicted octanol–water partition coefficient (Wildman–Crippen LogP) is 11.0. The SMILES string of the molecule is CC1(C)CN(Cc2cc3nc(-c4cccc(Br)c4C#N)oc3cc2OC(F)F)C1.N#Cc1c(Br)cccc1-c1nc2cc(CCl)c(OC(F)F)cc2o1. The Balaban J connectivity index is 0.000000185. The van der Waals surface area contributed by atoms with Crippen molar-refractivity contribution in [2.45, 2.75) is 39.5 Å². The highest BCUT2D eigenvalue weighted by Gasteiger charge is 2.34. The maximum absolute atomic E-state index is 12.9. The molecule has 1 aliphatic heterocycles. The van der Waals surface area contributed by atoms with Crippen molar-refractivity contribution in [3.63, 3.8) is 0 Å².